The maximum absolute atomic E-state index is 9.11. The molecule has 60 valence electrons. The first-order chi connectivity index (χ1) is 4.61. The van der Waals surface area contributed by atoms with Crippen LogP contribution in [0.5, 0.6) is 0 Å². The van der Waals surface area contributed by atoms with E-state index in [1.54, 1.807) is 0 Å². The lowest BCUT2D eigenvalue weighted by Gasteiger charge is -2.32. The summed E-state index contributed by atoms with van der Waals surface area (Å²) in [7, 11) is 0. The fourth-order valence-electron chi connectivity index (χ4n) is 1.46. The third kappa shape index (κ3) is 1.48. The molecule has 2 unspecified atom stereocenters. The highest BCUT2D eigenvalue weighted by molar-refractivity contribution is 4.83. The molecule has 1 saturated carbocycles. The molecular weight excluding hydrogens is 132 g/mol. The zero-order valence-electron chi connectivity index (χ0n) is 6.07. The lowest BCUT2D eigenvalue weighted by atomic mass is 9.85. The molecule has 3 heteroatoms. The van der Waals surface area contributed by atoms with Crippen LogP contribution in [0.4, 0.5) is 0 Å². The van der Waals surface area contributed by atoms with Crippen LogP contribution in [0.1, 0.15) is 19.8 Å². The minimum absolute atomic E-state index is 0.313. The Morgan fingerprint density at radius 1 is 1.00 bits per heavy atom. The Hall–Kier alpha value is -0.120. The Balaban J connectivity index is 2.49. The predicted molar refractivity (Wildman–Crippen MR) is 36.4 cm³/mol. The normalized spacial score (nSPS) is 49.2. The van der Waals surface area contributed by atoms with Crippen molar-refractivity contribution in [2.75, 3.05) is 0 Å². The topological polar surface area (TPSA) is 60.7 Å². The van der Waals surface area contributed by atoms with Crippen LogP contribution in [0.2, 0.25) is 0 Å². The zero-order chi connectivity index (χ0) is 7.72. The van der Waals surface area contributed by atoms with Gasteiger partial charge in [-0.2, -0.15) is 0 Å². The van der Waals surface area contributed by atoms with Crippen LogP contribution in [0.25, 0.3) is 0 Å². The van der Waals surface area contributed by atoms with Crippen LogP contribution >= 0.6 is 0 Å². The first-order valence-electron chi connectivity index (χ1n) is 3.65. The fraction of sp³-hybridized carbons (Fsp3) is 1.00. The quantitative estimate of drug-likeness (QED) is 0.431. The number of hydrogen-bond donors (Lipinski definition) is 3. The van der Waals surface area contributed by atoms with E-state index in [2.05, 4.69) is 0 Å². The third-order valence-corrected chi connectivity index (χ3v) is 2.08. The molecule has 0 amide bonds. The molecule has 0 heterocycles. The Morgan fingerprint density at radius 2 is 1.40 bits per heavy atom. The minimum Gasteiger partial charge on any atom is -0.390 e. The van der Waals surface area contributed by atoms with Gasteiger partial charge in [0.1, 0.15) is 6.10 Å². The van der Waals surface area contributed by atoms with Crippen molar-refractivity contribution >= 4 is 0 Å². The first kappa shape index (κ1) is 7.98. The van der Waals surface area contributed by atoms with E-state index in [9.17, 15) is 0 Å². The van der Waals surface area contributed by atoms with Gasteiger partial charge in [-0.1, -0.05) is 6.92 Å². The lowest BCUT2D eigenvalue weighted by molar-refractivity contribution is -0.0974. The summed E-state index contributed by atoms with van der Waals surface area (Å²) in [6, 6.07) is 0. The van der Waals surface area contributed by atoms with Gasteiger partial charge in [-0.05, 0) is 18.8 Å². The van der Waals surface area contributed by atoms with Crippen molar-refractivity contribution in [3.63, 3.8) is 0 Å². The van der Waals surface area contributed by atoms with Crippen molar-refractivity contribution in [1.82, 2.24) is 0 Å². The van der Waals surface area contributed by atoms with E-state index < -0.39 is 18.3 Å². The molecule has 3 N–H and O–H groups in total. The summed E-state index contributed by atoms with van der Waals surface area (Å²) in [6.45, 7) is 1.96. The van der Waals surface area contributed by atoms with Gasteiger partial charge in [0.25, 0.3) is 0 Å². The second-order valence-corrected chi connectivity index (χ2v) is 3.20. The van der Waals surface area contributed by atoms with Crippen molar-refractivity contribution in [3.8, 4) is 0 Å². The van der Waals surface area contributed by atoms with Gasteiger partial charge in [0.15, 0.2) is 0 Å². The Kier molecular flexibility index (Phi) is 2.28. The van der Waals surface area contributed by atoms with Gasteiger partial charge < -0.3 is 15.3 Å². The molecule has 0 radical (unpaired) electrons. The molecule has 4 atom stereocenters. The van der Waals surface area contributed by atoms with Crippen molar-refractivity contribution in [1.29, 1.82) is 0 Å². The molecule has 1 aliphatic carbocycles. The van der Waals surface area contributed by atoms with Crippen LogP contribution in [-0.2, 0) is 0 Å². The maximum atomic E-state index is 9.11. The van der Waals surface area contributed by atoms with E-state index in [-0.39, 0.29) is 0 Å². The average Bonchev–Trinajstić information content (AvgIpc) is 1.82. The van der Waals surface area contributed by atoms with E-state index in [4.69, 9.17) is 15.3 Å². The highest BCUT2D eigenvalue weighted by Gasteiger charge is 2.32. The second-order valence-electron chi connectivity index (χ2n) is 3.20. The Morgan fingerprint density at radius 3 is 1.80 bits per heavy atom. The second kappa shape index (κ2) is 2.86. The molecule has 10 heavy (non-hydrogen) atoms. The summed E-state index contributed by atoms with van der Waals surface area (Å²) >= 11 is 0. The van der Waals surface area contributed by atoms with Gasteiger partial charge in [-0.25, -0.2) is 0 Å². The predicted octanol–water partition coefficient (Wildman–Crippen LogP) is -0.501. The van der Waals surface area contributed by atoms with Crippen LogP contribution in [-0.4, -0.2) is 33.6 Å². The molecule has 0 bridgehead atoms. The maximum Gasteiger partial charge on any atom is 0.106 e. The van der Waals surface area contributed by atoms with Crippen LogP contribution < -0.4 is 0 Å². The smallest absolute Gasteiger partial charge is 0.106 e. The molecule has 1 rings (SSSR count). The largest absolute Gasteiger partial charge is 0.390 e. The lowest BCUT2D eigenvalue weighted by Crippen LogP contribution is -2.43. The molecule has 1 aliphatic rings. The van der Waals surface area contributed by atoms with E-state index in [0.717, 1.165) is 0 Å². The summed E-state index contributed by atoms with van der Waals surface area (Å²) in [5.41, 5.74) is 0. The summed E-state index contributed by atoms with van der Waals surface area (Å²) in [5.74, 6) is 0.313. The monoisotopic (exact) mass is 146 g/mol. The van der Waals surface area contributed by atoms with E-state index in [1.807, 2.05) is 6.92 Å². The van der Waals surface area contributed by atoms with Crippen molar-refractivity contribution in [2.45, 2.75) is 38.1 Å². The molecule has 0 aromatic rings. The van der Waals surface area contributed by atoms with Gasteiger partial charge in [0.05, 0.1) is 12.2 Å². The summed E-state index contributed by atoms with van der Waals surface area (Å²) < 4.78 is 0. The van der Waals surface area contributed by atoms with Gasteiger partial charge in [0, 0.05) is 0 Å². The number of aliphatic hydroxyl groups excluding tert-OH is 3. The average molecular weight is 146 g/mol. The first-order valence-corrected chi connectivity index (χ1v) is 3.65. The van der Waals surface area contributed by atoms with Crippen molar-refractivity contribution < 1.29 is 15.3 Å². The number of aliphatic hydroxyl groups is 3. The SMILES string of the molecule is CC1C[C@@H](O)C(O)[C@@H](O)C1. The number of rotatable bonds is 0. The molecular formula is C7H14O3. The fourth-order valence-corrected chi connectivity index (χ4v) is 1.46. The number of hydrogen-bond acceptors (Lipinski definition) is 3. The van der Waals surface area contributed by atoms with Gasteiger partial charge in [0.2, 0.25) is 0 Å². The summed E-state index contributed by atoms with van der Waals surface area (Å²) in [6.07, 6.45) is -1.22. The van der Waals surface area contributed by atoms with E-state index >= 15 is 0 Å². The van der Waals surface area contributed by atoms with Crippen LogP contribution in [0.3, 0.4) is 0 Å². The third-order valence-electron chi connectivity index (χ3n) is 2.08. The van der Waals surface area contributed by atoms with E-state index in [0.29, 0.717) is 18.8 Å². The van der Waals surface area contributed by atoms with Gasteiger partial charge >= 0.3 is 0 Å². The zero-order valence-corrected chi connectivity index (χ0v) is 6.07. The molecule has 0 aliphatic heterocycles. The van der Waals surface area contributed by atoms with Crippen molar-refractivity contribution in [3.05, 3.63) is 0 Å². The highest BCUT2D eigenvalue weighted by atomic mass is 16.4. The van der Waals surface area contributed by atoms with Crippen LogP contribution in [0.15, 0.2) is 0 Å². The Labute approximate surface area is 60.3 Å². The molecule has 0 spiro atoms. The summed E-state index contributed by atoms with van der Waals surface area (Å²) in [5, 5.41) is 27.3. The van der Waals surface area contributed by atoms with Gasteiger partial charge in [-0.3, -0.25) is 0 Å². The minimum atomic E-state index is -0.934. The Bertz CT molecular complexity index is 103. The van der Waals surface area contributed by atoms with Gasteiger partial charge in [-0.15, -0.1) is 0 Å². The molecule has 1 fully saturated rings. The van der Waals surface area contributed by atoms with E-state index in [1.165, 1.54) is 0 Å². The summed E-state index contributed by atoms with van der Waals surface area (Å²) in [4.78, 5) is 0. The standard InChI is InChI=1S/C7H14O3/c1-4-2-5(8)7(10)6(9)3-4/h4-10H,2-3H2,1H3/t4?,5-,6+,7?. The molecule has 0 saturated heterocycles. The molecule has 0 aromatic carbocycles. The van der Waals surface area contributed by atoms with Crippen molar-refractivity contribution in [2.24, 2.45) is 5.92 Å². The van der Waals surface area contributed by atoms with Crippen LogP contribution in [0, 0.1) is 5.92 Å². The highest BCUT2D eigenvalue weighted by Crippen LogP contribution is 2.24. The molecule has 0 aromatic heterocycles. The molecule has 3 nitrogen and oxygen atoms in total.